The van der Waals surface area contributed by atoms with E-state index in [9.17, 15) is 13.2 Å². The minimum absolute atomic E-state index is 0.248. The Morgan fingerprint density at radius 2 is 1.80 bits per heavy atom. The number of aromatic nitrogens is 1. The van der Waals surface area contributed by atoms with Crippen LogP contribution in [0.25, 0.3) is 10.9 Å². The topological polar surface area (TPSA) is 68.2 Å². The van der Waals surface area contributed by atoms with Gasteiger partial charge in [-0.1, -0.05) is 47.5 Å². The zero-order valence-corrected chi connectivity index (χ0v) is 15.5. The lowest BCUT2D eigenvalue weighted by molar-refractivity contribution is 0.0973. The van der Waals surface area contributed by atoms with Crippen LogP contribution in [0.5, 0.6) is 0 Å². The minimum atomic E-state index is -3.66. The van der Waals surface area contributed by atoms with Crippen LogP contribution in [0.2, 0.25) is 10.0 Å². The molecule has 0 saturated heterocycles. The molecule has 1 heterocycles. The van der Waals surface area contributed by atoms with E-state index in [-0.39, 0.29) is 5.69 Å². The van der Waals surface area contributed by atoms with Crippen molar-refractivity contribution in [3.8, 4) is 0 Å². The van der Waals surface area contributed by atoms with E-state index in [2.05, 4.69) is 0 Å². The first kappa shape index (κ1) is 17.8. The van der Waals surface area contributed by atoms with Crippen molar-refractivity contribution in [1.82, 2.24) is 9.29 Å². The predicted octanol–water partition coefficient (Wildman–Crippen LogP) is 3.69. The average molecular weight is 397 g/mol. The molecule has 0 aliphatic carbocycles. The Morgan fingerprint density at radius 3 is 2.48 bits per heavy atom. The first-order valence-electron chi connectivity index (χ1n) is 7.29. The zero-order chi connectivity index (χ0) is 18.2. The highest BCUT2D eigenvalue weighted by Crippen LogP contribution is 2.25. The molecule has 25 heavy (non-hydrogen) atoms. The van der Waals surface area contributed by atoms with Crippen LogP contribution in [0.15, 0.2) is 48.5 Å². The highest BCUT2D eigenvalue weighted by Gasteiger charge is 2.18. The molecular formula is C17H14Cl2N2O3S. The van der Waals surface area contributed by atoms with Crippen LogP contribution < -0.4 is 4.72 Å². The molecule has 1 aromatic heterocycles. The minimum Gasteiger partial charge on any atom is -0.332 e. The molecule has 1 amide bonds. The summed E-state index contributed by atoms with van der Waals surface area (Å²) in [5, 5.41) is 1.69. The number of hydrogen-bond donors (Lipinski definition) is 1. The van der Waals surface area contributed by atoms with Gasteiger partial charge in [-0.2, -0.15) is 0 Å². The predicted molar refractivity (Wildman–Crippen MR) is 99.8 cm³/mol. The fraction of sp³-hybridized carbons (Fsp3) is 0.118. The third-order valence-corrected chi connectivity index (χ3v) is 4.94. The smallest absolute Gasteiger partial charge is 0.281 e. The van der Waals surface area contributed by atoms with E-state index < -0.39 is 15.9 Å². The summed E-state index contributed by atoms with van der Waals surface area (Å²) in [5.41, 5.74) is 1.90. The SMILES string of the molecule is CS(=O)(=O)NC(=O)c1cc2ccccc2n1Cc1ccc(Cl)c(Cl)c1. The maximum absolute atomic E-state index is 12.4. The van der Waals surface area contributed by atoms with E-state index in [0.29, 0.717) is 16.6 Å². The number of fused-ring (bicyclic) bond motifs is 1. The molecule has 3 rings (SSSR count). The van der Waals surface area contributed by atoms with Crippen LogP contribution in [0.4, 0.5) is 0 Å². The van der Waals surface area contributed by atoms with Gasteiger partial charge in [-0.05, 0) is 29.8 Å². The molecule has 2 aromatic carbocycles. The van der Waals surface area contributed by atoms with Crippen LogP contribution in [0, 0.1) is 0 Å². The van der Waals surface area contributed by atoms with Gasteiger partial charge in [0, 0.05) is 17.4 Å². The Labute approximate surface area is 155 Å². The molecule has 1 N–H and O–H groups in total. The Balaban J connectivity index is 2.09. The monoisotopic (exact) mass is 396 g/mol. The van der Waals surface area contributed by atoms with E-state index in [4.69, 9.17) is 23.2 Å². The number of nitrogens with zero attached hydrogens (tertiary/aromatic N) is 1. The number of nitrogens with one attached hydrogen (secondary N) is 1. The average Bonchev–Trinajstić information content (AvgIpc) is 2.88. The number of sulfonamides is 1. The number of rotatable bonds is 4. The third kappa shape index (κ3) is 3.98. The van der Waals surface area contributed by atoms with Gasteiger partial charge in [0.2, 0.25) is 10.0 Å². The molecule has 3 aromatic rings. The Bertz CT molecular complexity index is 1070. The maximum atomic E-state index is 12.4. The van der Waals surface area contributed by atoms with Crippen molar-refractivity contribution >= 4 is 50.0 Å². The van der Waals surface area contributed by atoms with E-state index in [0.717, 1.165) is 22.7 Å². The summed E-state index contributed by atoms with van der Waals surface area (Å²) >= 11 is 12.0. The van der Waals surface area contributed by atoms with Crippen molar-refractivity contribution in [2.75, 3.05) is 6.26 Å². The van der Waals surface area contributed by atoms with Crippen molar-refractivity contribution < 1.29 is 13.2 Å². The van der Waals surface area contributed by atoms with Crippen molar-refractivity contribution in [3.63, 3.8) is 0 Å². The summed E-state index contributed by atoms with van der Waals surface area (Å²) in [4.78, 5) is 12.4. The number of amides is 1. The number of hydrogen-bond acceptors (Lipinski definition) is 3. The maximum Gasteiger partial charge on any atom is 0.281 e. The molecule has 0 unspecified atom stereocenters. The second-order valence-corrected chi connectivity index (χ2v) is 8.19. The molecule has 0 aliphatic rings. The van der Waals surface area contributed by atoms with Gasteiger partial charge in [0.15, 0.2) is 0 Å². The van der Waals surface area contributed by atoms with Crippen LogP contribution in [-0.2, 0) is 16.6 Å². The summed E-state index contributed by atoms with van der Waals surface area (Å²) < 4.78 is 26.6. The molecule has 8 heteroatoms. The third-order valence-electron chi connectivity index (χ3n) is 3.65. The Kier molecular flexibility index (Phi) is 4.77. The lowest BCUT2D eigenvalue weighted by Gasteiger charge is -2.11. The summed E-state index contributed by atoms with van der Waals surface area (Å²) in [6.07, 6.45) is 0.941. The molecule has 0 spiro atoms. The standard InChI is InChI=1S/C17H14Cl2N2O3S/c1-25(23,24)20-17(22)16-9-12-4-2-3-5-15(12)21(16)10-11-6-7-13(18)14(19)8-11/h2-9H,10H2,1H3,(H,20,22). The fourth-order valence-corrected chi connectivity index (χ4v) is 3.37. The lowest BCUT2D eigenvalue weighted by Crippen LogP contribution is -2.31. The van der Waals surface area contributed by atoms with Gasteiger partial charge in [0.05, 0.1) is 16.3 Å². The van der Waals surface area contributed by atoms with Crippen molar-refractivity contribution in [2.24, 2.45) is 0 Å². The second kappa shape index (κ2) is 6.71. The van der Waals surface area contributed by atoms with E-state index >= 15 is 0 Å². The van der Waals surface area contributed by atoms with Gasteiger partial charge < -0.3 is 4.57 Å². The van der Waals surface area contributed by atoms with Crippen LogP contribution in [0.3, 0.4) is 0 Å². The van der Waals surface area contributed by atoms with E-state index in [1.807, 2.05) is 29.0 Å². The number of carbonyl (C=O) groups is 1. The van der Waals surface area contributed by atoms with Crippen molar-refractivity contribution in [2.45, 2.75) is 6.54 Å². The highest BCUT2D eigenvalue weighted by atomic mass is 35.5. The highest BCUT2D eigenvalue weighted by molar-refractivity contribution is 7.89. The van der Waals surface area contributed by atoms with Gasteiger partial charge in [0.25, 0.3) is 5.91 Å². The van der Waals surface area contributed by atoms with Crippen molar-refractivity contribution in [3.05, 3.63) is 69.8 Å². The Hall–Kier alpha value is -2.02. The van der Waals surface area contributed by atoms with Gasteiger partial charge >= 0.3 is 0 Å². The van der Waals surface area contributed by atoms with Gasteiger partial charge in [-0.25, -0.2) is 13.1 Å². The normalized spacial score (nSPS) is 11.6. The summed E-state index contributed by atoms with van der Waals surface area (Å²) in [6, 6.07) is 14.3. The molecule has 0 atom stereocenters. The quantitative estimate of drug-likeness (QED) is 0.730. The van der Waals surface area contributed by atoms with Gasteiger partial charge in [-0.15, -0.1) is 0 Å². The molecule has 0 radical (unpaired) electrons. The molecule has 0 saturated carbocycles. The van der Waals surface area contributed by atoms with Crippen molar-refractivity contribution in [1.29, 1.82) is 0 Å². The van der Waals surface area contributed by atoms with Gasteiger partial charge in [0.1, 0.15) is 5.69 Å². The largest absolute Gasteiger partial charge is 0.332 e. The lowest BCUT2D eigenvalue weighted by atomic mass is 10.2. The number of carbonyl (C=O) groups excluding carboxylic acids is 1. The summed E-state index contributed by atoms with van der Waals surface area (Å²) in [7, 11) is -3.66. The molecule has 0 aliphatic heterocycles. The molecule has 0 bridgehead atoms. The summed E-state index contributed by atoms with van der Waals surface area (Å²) in [6.45, 7) is 0.344. The number of para-hydroxylation sites is 1. The van der Waals surface area contributed by atoms with Crippen LogP contribution >= 0.6 is 23.2 Å². The zero-order valence-electron chi connectivity index (χ0n) is 13.2. The molecular weight excluding hydrogens is 383 g/mol. The number of benzene rings is 2. The van der Waals surface area contributed by atoms with E-state index in [1.54, 1.807) is 28.8 Å². The molecule has 130 valence electrons. The Morgan fingerprint density at radius 1 is 1.08 bits per heavy atom. The first-order valence-corrected chi connectivity index (χ1v) is 9.93. The first-order chi connectivity index (χ1) is 11.7. The fourth-order valence-electron chi connectivity index (χ4n) is 2.61. The van der Waals surface area contributed by atoms with Crippen LogP contribution in [-0.4, -0.2) is 25.1 Å². The number of halogens is 2. The molecule has 0 fully saturated rings. The summed E-state index contributed by atoms with van der Waals surface area (Å²) in [5.74, 6) is -0.682. The van der Waals surface area contributed by atoms with E-state index in [1.165, 1.54) is 0 Å². The molecule has 5 nitrogen and oxygen atoms in total. The van der Waals surface area contributed by atoms with Gasteiger partial charge in [-0.3, -0.25) is 4.79 Å². The van der Waals surface area contributed by atoms with Crippen LogP contribution in [0.1, 0.15) is 16.1 Å². The second-order valence-electron chi connectivity index (χ2n) is 5.63.